The second-order valence-electron chi connectivity index (χ2n) is 7.81. The number of ether oxygens (including phenoxy) is 2. The van der Waals surface area contributed by atoms with Crippen LogP contribution >= 0.6 is 11.6 Å². The molecule has 0 fully saturated rings. The Morgan fingerprint density at radius 1 is 1.15 bits per heavy atom. The van der Waals surface area contributed by atoms with Gasteiger partial charge in [-0.15, -0.1) is 15.0 Å². The van der Waals surface area contributed by atoms with Crippen LogP contribution in [0.25, 0.3) is 16.7 Å². The van der Waals surface area contributed by atoms with E-state index in [2.05, 4.69) is 16.8 Å². The van der Waals surface area contributed by atoms with Crippen molar-refractivity contribution in [2.24, 2.45) is 0 Å². The van der Waals surface area contributed by atoms with E-state index in [4.69, 9.17) is 21.1 Å². The molecule has 1 atom stereocenters. The molecule has 1 heterocycles. The summed E-state index contributed by atoms with van der Waals surface area (Å²) in [6.45, 7) is 6.26. The molecule has 0 radical (unpaired) electrons. The van der Waals surface area contributed by atoms with Crippen molar-refractivity contribution in [3.63, 3.8) is 0 Å². The van der Waals surface area contributed by atoms with Crippen LogP contribution in [0.4, 0.5) is 0 Å². The lowest BCUT2D eigenvalue weighted by Gasteiger charge is -2.13. The zero-order valence-corrected chi connectivity index (χ0v) is 19.7. The molecule has 180 valence electrons. The molecule has 0 saturated carbocycles. The second kappa shape index (κ2) is 11.1. The smallest absolute Gasteiger partial charge is 0.333 e. The van der Waals surface area contributed by atoms with Crippen LogP contribution in [-0.2, 0) is 31.9 Å². The van der Waals surface area contributed by atoms with Gasteiger partial charge in [-0.25, -0.2) is 4.79 Å². The van der Waals surface area contributed by atoms with E-state index in [1.165, 1.54) is 11.7 Å². The minimum Gasteiger partial charge on any atom is -0.505 e. The number of aromatic hydroxyl groups is 1. The molecule has 0 aliphatic carbocycles. The summed E-state index contributed by atoms with van der Waals surface area (Å²) in [7, 11) is 0. The van der Waals surface area contributed by atoms with Gasteiger partial charge in [0, 0.05) is 17.0 Å². The number of halogens is 1. The van der Waals surface area contributed by atoms with Gasteiger partial charge in [0.25, 0.3) is 0 Å². The Balaban J connectivity index is 1.65. The third kappa shape index (κ3) is 6.33. The third-order valence-electron chi connectivity index (χ3n) is 4.98. The van der Waals surface area contributed by atoms with Crippen LogP contribution in [0, 0.1) is 0 Å². The number of aliphatic hydroxyl groups excluding tert-OH is 1. The molecule has 2 aromatic carbocycles. The predicted octanol–water partition coefficient (Wildman–Crippen LogP) is 3.30. The molecule has 34 heavy (non-hydrogen) atoms. The predicted molar refractivity (Wildman–Crippen MR) is 126 cm³/mol. The summed E-state index contributed by atoms with van der Waals surface area (Å²) in [5.41, 5.74) is 3.30. The maximum atomic E-state index is 12.1. The molecule has 3 aromatic rings. The van der Waals surface area contributed by atoms with Gasteiger partial charge >= 0.3 is 11.9 Å². The third-order valence-corrected chi connectivity index (χ3v) is 5.21. The number of phenolic OH excluding ortho intramolecular Hbond substituents is 1. The van der Waals surface area contributed by atoms with E-state index in [-0.39, 0.29) is 31.0 Å². The number of aromatic nitrogens is 3. The molecule has 0 bridgehead atoms. The van der Waals surface area contributed by atoms with Gasteiger partial charge in [0.2, 0.25) is 0 Å². The molecule has 9 nitrogen and oxygen atoms in total. The number of fused-ring (bicyclic) bond motifs is 1. The number of aliphatic hydroxyl groups is 1. The van der Waals surface area contributed by atoms with Crippen LogP contribution in [0.5, 0.6) is 5.75 Å². The molecule has 1 aromatic heterocycles. The van der Waals surface area contributed by atoms with E-state index in [1.807, 2.05) is 13.0 Å². The molecule has 3 rings (SSSR count). The van der Waals surface area contributed by atoms with Crippen molar-refractivity contribution in [2.45, 2.75) is 39.2 Å². The summed E-state index contributed by atoms with van der Waals surface area (Å²) in [6.07, 6.45) is -0.172. The fourth-order valence-corrected chi connectivity index (χ4v) is 3.32. The summed E-state index contributed by atoms with van der Waals surface area (Å²) >= 11 is 6.03. The highest BCUT2D eigenvalue weighted by atomic mass is 35.5. The fourth-order valence-electron chi connectivity index (χ4n) is 3.15. The monoisotopic (exact) mass is 487 g/mol. The number of rotatable bonds is 10. The van der Waals surface area contributed by atoms with Crippen molar-refractivity contribution in [3.8, 4) is 11.4 Å². The molecule has 2 N–H and O–H groups in total. The van der Waals surface area contributed by atoms with Crippen LogP contribution in [0.1, 0.15) is 31.4 Å². The maximum absolute atomic E-state index is 12.1. The zero-order valence-electron chi connectivity index (χ0n) is 19.0. The van der Waals surface area contributed by atoms with E-state index in [0.717, 1.165) is 5.56 Å². The summed E-state index contributed by atoms with van der Waals surface area (Å²) in [4.78, 5) is 24.8. The normalized spacial score (nSPS) is 11.9. The van der Waals surface area contributed by atoms with Gasteiger partial charge in [-0.3, -0.25) is 4.79 Å². The second-order valence-corrected chi connectivity index (χ2v) is 8.25. The minimum absolute atomic E-state index is 0.0514. The van der Waals surface area contributed by atoms with Crippen LogP contribution in [0.2, 0.25) is 5.02 Å². The molecular weight excluding hydrogens is 462 g/mol. The van der Waals surface area contributed by atoms with E-state index < -0.39 is 18.0 Å². The van der Waals surface area contributed by atoms with Crippen molar-refractivity contribution in [2.75, 3.05) is 13.2 Å². The van der Waals surface area contributed by atoms with Crippen LogP contribution in [-0.4, -0.2) is 56.5 Å². The number of phenols is 1. The van der Waals surface area contributed by atoms with E-state index >= 15 is 0 Å². The molecule has 0 spiro atoms. The van der Waals surface area contributed by atoms with Crippen molar-refractivity contribution < 1.29 is 29.3 Å². The summed E-state index contributed by atoms with van der Waals surface area (Å²) in [6, 6.07) is 8.68. The highest BCUT2D eigenvalue weighted by molar-refractivity contribution is 6.31. The first-order chi connectivity index (χ1) is 16.2. The first-order valence-electron chi connectivity index (χ1n) is 10.7. The number of nitrogens with zero attached hydrogens (tertiary/aromatic N) is 3. The Morgan fingerprint density at radius 3 is 2.56 bits per heavy atom. The number of esters is 2. The first-order valence-corrected chi connectivity index (χ1v) is 11.1. The SMILES string of the molecule is C=C(C)C(=O)OCC(O)COC(=O)CCc1cc(CC)c(O)c(-n2nc3ccc(Cl)cc3n2)c1. The standard InChI is InChI=1S/C24H26ClN3O6/c1-4-16-9-15(5-8-22(30)33-12-18(29)13-34-24(32)14(2)3)10-21(23(16)31)28-26-19-7-6-17(25)11-20(19)27-28/h6-7,9-11,18,29,31H,2,4-5,8,12-13H2,1,3H3. The summed E-state index contributed by atoms with van der Waals surface area (Å²) < 4.78 is 9.89. The van der Waals surface area contributed by atoms with Crippen molar-refractivity contribution in [1.29, 1.82) is 0 Å². The van der Waals surface area contributed by atoms with Gasteiger partial charge in [0.15, 0.2) is 0 Å². The lowest BCUT2D eigenvalue weighted by molar-refractivity contribution is -0.150. The topological polar surface area (TPSA) is 124 Å². The number of hydrogen-bond donors (Lipinski definition) is 2. The van der Waals surface area contributed by atoms with E-state index in [0.29, 0.717) is 40.1 Å². The van der Waals surface area contributed by atoms with Crippen molar-refractivity contribution >= 4 is 34.6 Å². The zero-order chi connectivity index (χ0) is 24.8. The molecule has 0 amide bonds. The highest BCUT2D eigenvalue weighted by Gasteiger charge is 2.16. The molecule has 0 aliphatic heterocycles. The van der Waals surface area contributed by atoms with Crippen LogP contribution < -0.4 is 0 Å². The lowest BCUT2D eigenvalue weighted by atomic mass is 10.0. The maximum Gasteiger partial charge on any atom is 0.333 e. The van der Waals surface area contributed by atoms with Crippen LogP contribution in [0.3, 0.4) is 0 Å². The molecule has 0 aliphatic rings. The minimum atomic E-state index is -1.13. The molecule has 0 saturated heterocycles. The Hall–Kier alpha value is -3.43. The first kappa shape index (κ1) is 25.2. The fraction of sp³-hybridized carbons (Fsp3) is 0.333. The largest absolute Gasteiger partial charge is 0.505 e. The summed E-state index contributed by atoms with van der Waals surface area (Å²) in [5.74, 6) is -1.08. The van der Waals surface area contributed by atoms with E-state index in [1.54, 1.807) is 24.3 Å². The number of hydrogen-bond acceptors (Lipinski definition) is 8. The number of benzene rings is 2. The van der Waals surface area contributed by atoms with Crippen molar-refractivity contribution in [1.82, 2.24) is 15.0 Å². The Morgan fingerprint density at radius 2 is 1.85 bits per heavy atom. The highest BCUT2D eigenvalue weighted by Crippen LogP contribution is 2.29. The quantitative estimate of drug-likeness (QED) is 0.330. The Kier molecular flexibility index (Phi) is 8.25. The number of carbonyl (C=O) groups excluding carboxylic acids is 2. The van der Waals surface area contributed by atoms with Gasteiger partial charge in [0.05, 0.1) is 0 Å². The van der Waals surface area contributed by atoms with Gasteiger partial charge in [0.1, 0.15) is 41.8 Å². The molecular formula is C24H26ClN3O6. The molecule has 1 unspecified atom stereocenters. The number of aryl methyl sites for hydroxylation is 2. The van der Waals surface area contributed by atoms with Crippen molar-refractivity contribution in [3.05, 3.63) is 58.6 Å². The number of carbonyl (C=O) groups is 2. The van der Waals surface area contributed by atoms with Gasteiger partial charge in [-0.1, -0.05) is 31.2 Å². The summed E-state index contributed by atoms with van der Waals surface area (Å²) in [5, 5.41) is 29.9. The molecule has 10 heteroatoms. The van der Waals surface area contributed by atoms with Gasteiger partial charge < -0.3 is 19.7 Å². The van der Waals surface area contributed by atoms with Gasteiger partial charge in [-0.2, -0.15) is 0 Å². The van der Waals surface area contributed by atoms with E-state index in [9.17, 15) is 19.8 Å². The van der Waals surface area contributed by atoms with Crippen LogP contribution in [0.15, 0.2) is 42.5 Å². The average molecular weight is 488 g/mol. The average Bonchev–Trinajstić information content (AvgIpc) is 3.23. The Bertz CT molecular complexity index is 1220. The lowest BCUT2D eigenvalue weighted by Crippen LogP contribution is -2.25. The van der Waals surface area contributed by atoms with Gasteiger partial charge in [-0.05, 0) is 55.2 Å². The Labute approximate surface area is 201 Å².